The SMILES string of the molecule is CC(C)c1ccc(OC(C)(C)C(N)=O)cc1. The molecule has 2 N–H and O–H groups in total. The molecular weight excluding hydrogens is 202 g/mol. The van der Waals surface area contributed by atoms with Crippen LogP contribution in [0.15, 0.2) is 24.3 Å². The predicted octanol–water partition coefficient (Wildman–Crippen LogP) is 2.45. The van der Waals surface area contributed by atoms with Gasteiger partial charge in [0.15, 0.2) is 5.60 Å². The molecule has 1 amide bonds. The number of amides is 1. The molecule has 0 saturated heterocycles. The summed E-state index contributed by atoms with van der Waals surface area (Å²) >= 11 is 0. The summed E-state index contributed by atoms with van der Waals surface area (Å²) in [6, 6.07) is 7.72. The number of hydrogen-bond acceptors (Lipinski definition) is 2. The van der Waals surface area contributed by atoms with Crippen molar-refractivity contribution in [2.75, 3.05) is 0 Å². The van der Waals surface area contributed by atoms with Crippen LogP contribution in [0.5, 0.6) is 5.75 Å². The maximum Gasteiger partial charge on any atom is 0.261 e. The highest BCUT2D eigenvalue weighted by atomic mass is 16.5. The van der Waals surface area contributed by atoms with Crippen molar-refractivity contribution in [3.05, 3.63) is 29.8 Å². The molecule has 3 nitrogen and oxygen atoms in total. The van der Waals surface area contributed by atoms with Crippen molar-refractivity contribution < 1.29 is 9.53 Å². The number of carbonyl (C=O) groups excluding carboxylic acids is 1. The Morgan fingerprint density at radius 1 is 1.25 bits per heavy atom. The molecule has 0 radical (unpaired) electrons. The maximum absolute atomic E-state index is 11.1. The topological polar surface area (TPSA) is 52.3 Å². The van der Waals surface area contributed by atoms with Gasteiger partial charge in [-0.05, 0) is 37.5 Å². The third kappa shape index (κ3) is 2.99. The second-order valence-corrected chi connectivity index (χ2v) is 4.70. The van der Waals surface area contributed by atoms with Crippen molar-refractivity contribution in [3.63, 3.8) is 0 Å². The summed E-state index contributed by atoms with van der Waals surface area (Å²) in [5.41, 5.74) is 5.50. The molecule has 0 aromatic heterocycles. The lowest BCUT2D eigenvalue weighted by Gasteiger charge is -2.22. The Kier molecular flexibility index (Phi) is 3.58. The lowest BCUT2D eigenvalue weighted by molar-refractivity contribution is -0.130. The summed E-state index contributed by atoms with van der Waals surface area (Å²) in [7, 11) is 0. The number of nitrogens with two attached hydrogens (primary N) is 1. The summed E-state index contributed by atoms with van der Waals surface area (Å²) in [4.78, 5) is 11.1. The van der Waals surface area contributed by atoms with Crippen molar-refractivity contribution >= 4 is 5.91 Å². The van der Waals surface area contributed by atoms with Gasteiger partial charge in [0.2, 0.25) is 0 Å². The third-order valence-corrected chi connectivity index (χ3v) is 2.51. The third-order valence-electron chi connectivity index (χ3n) is 2.51. The van der Waals surface area contributed by atoms with Gasteiger partial charge in [0.25, 0.3) is 5.91 Å². The lowest BCUT2D eigenvalue weighted by atomic mass is 10.0. The van der Waals surface area contributed by atoms with Crippen molar-refractivity contribution in [1.82, 2.24) is 0 Å². The second kappa shape index (κ2) is 4.56. The molecule has 0 heterocycles. The molecule has 88 valence electrons. The molecule has 16 heavy (non-hydrogen) atoms. The van der Waals surface area contributed by atoms with Crippen molar-refractivity contribution in [1.29, 1.82) is 0 Å². The van der Waals surface area contributed by atoms with E-state index in [-0.39, 0.29) is 0 Å². The molecular formula is C13H19NO2. The van der Waals surface area contributed by atoms with Crippen molar-refractivity contribution in [3.8, 4) is 5.75 Å². The highest BCUT2D eigenvalue weighted by molar-refractivity contribution is 5.82. The zero-order valence-electron chi connectivity index (χ0n) is 10.3. The van der Waals surface area contributed by atoms with E-state index in [1.165, 1.54) is 5.56 Å². The molecule has 0 aliphatic heterocycles. The number of hydrogen-bond donors (Lipinski definition) is 1. The van der Waals surface area contributed by atoms with Crippen LogP contribution in [0, 0.1) is 0 Å². The quantitative estimate of drug-likeness (QED) is 0.849. The first kappa shape index (κ1) is 12.6. The van der Waals surface area contributed by atoms with Crippen molar-refractivity contribution in [2.24, 2.45) is 5.73 Å². The smallest absolute Gasteiger partial charge is 0.261 e. The molecule has 1 aromatic rings. The molecule has 0 bridgehead atoms. The van der Waals surface area contributed by atoms with Gasteiger partial charge in [0.05, 0.1) is 0 Å². The van der Waals surface area contributed by atoms with Crippen LogP contribution in [0.2, 0.25) is 0 Å². The molecule has 0 fully saturated rings. The van der Waals surface area contributed by atoms with Gasteiger partial charge in [0.1, 0.15) is 5.75 Å². The van der Waals surface area contributed by atoms with E-state index < -0.39 is 11.5 Å². The molecule has 0 aliphatic carbocycles. The van der Waals surface area contributed by atoms with Crippen LogP contribution in [-0.4, -0.2) is 11.5 Å². The fourth-order valence-electron chi connectivity index (χ4n) is 1.27. The molecule has 1 rings (SSSR count). The summed E-state index contributed by atoms with van der Waals surface area (Å²) in [6.07, 6.45) is 0. The summed E-state index contributed by atoms with van der Waals surface area (Å²) in [5.74, 6) is 0.673. The molecule has 3 heteroatoms. The second-order valence-electron chi connectivity index (χ2n) is 4.70. The van der Waals surface area contributed by atoms with Gasteiger partial charge in [-0.2, -0.15) is 0 Å². The zero-order chi connectivity index (χ0) is 12.3. The van der Waals surface area contributed by atoms with Crippen molar-refractivity contribution in [2.45, 2.75) is 39.2 Å². The van der Waals surface area contributed by atoms with E-state index in [4.69, 9.17) is 10.5 Å². The monoisotopic (exact) mass is 221 g/mol. The standard InChI is InChI=1S/C13H19NO2/c1-9(2)10-5-7-11(8-6-10)16-13(3,4)12(14)15/h5-9H,1-4H3,(H2,14,15). The zero-order valence-corrected chi connectivity index (χ0v) is 10.3. The van der Waals surface area contributed by atoms with Gasteiger partial charge in [0, 0.05) is 0 Å². The van der Waals surface area contributed by atoms with Crippen LogP contribution in [0.1, 0.15) is 39.2 Å². The Morgan fingerprint density at radius 3 is 2.12 bits per heavy atom. The summed E-state index contributed by atoms with van der Waals surface area (Å²) in [5, 5.41) is 0. The summed E-state index contributed by atoms with van der Waals surface area (Å²) < 4.78 is 5.52. The van der Waals surface area contributed by atoms with Gasteiger partial charge in [-0.1, -0.05) is 26.0 Å². The van der Waals surface area contributed by atoms with E-state index in [9.17, 15) is 4.79 Å². The lowest BCUT2D eigenvalue weighted by Crippen LogP contribution is -2.43. The Labute approximate surface area is 96.6 Å². The molecule has 0 atom stereocenters. The highest BCUT2D eigenvalue weighted by Crippen LogP contribution is 2.21. The Balaban J connectivity index is 2.80. The molecule has 0 unspecified atom stereocenters. The van der Waals surface area contributed by atoms with Crippen LogP contribution in [0.3, 0.4) is 0 Å². The minimum Gasteiger partial charge on any atom is -0.478 e. The van der Waals surface area contributed by atoms with E-state index >= 15 is 0 Å². The van der Waals surface area contributed by atoms with E-state index in [1.807, 2.05) is 24.3 Å². The van der Waals surface area contributed by atoms with E-state index in [0.717, 1.165) is 0 Å². The first-order chi connectivity index (χ1) is 7.33. The van der Waals surface area contributed by atoms with Gasteiger partial charge in [-0.15, -0.1) is 0 Å². The molecule has 1 aromatic carbocycles. The Hall–Kier alpha value is -1.51. The number of rotatable bonds is 4. The maximum atomic E-state index is 11.1. The van der Waals surface area contributed by atoms with Crippen LogP contribution in [0.4, 0.5) is 0 Å². The van der Waals surface area contributed by atoms with Crippen LogP contribution in [0.25, 0.3) is 0 Å². The van der Waals surface area contributed by atoms with E-state index in [2.05, 4.69) is 13.8 Å². The Bertz CT molecular complexity index is 366. The largest absolute Gasteiger partial charge is 0.478 e. The minimum absolute atomic E-state index is 0.472. The molecule has 0 spiro atoms. The number of primary amides is 1. The minimum atomic E-state index is -0.973. The number of ether oxygens (including phenoxy) is 1. The average molecular weight is 221 g/mol. The van der Waals surface area contributed by atoms with Crippen LogP contribution < -0.4 is 10.5 Å². The van der Waals surface area contributed by atoms with Gasteiger partial charge < -0.3 is 10.5 Å². The average Bonchev–Trinajstić information content (AvgIpc) is 2.17. The van der Waals surface area contributed by atoms with E-state index in [1.54, 1.807) is 13.8 Å². The fraction of sp³-hybridized carbons (Fsp3) is 0.462. The Morgan fingerprint density at radius 2 is 1.75 bits per heavy atom. The normalized spacial score (nSPS) is 11.6. The molecule has 0 saturated carbocycles. The number of benzene rings is 1. The van der Waals surface area contributed by atoms with E-state index in [0.29, 0.717) is 11.7 Å². The first-order valence-electron chi connectivity index (χ1n) is 5.42. The van der Waals surface area contributed by atoms with Gasteiger partial charge in [-0.25, -0.2) is 0 Å². The molecule has 0 aliphatic rings. The first-order valence-corrected chi connectivity index (χ1v) is 5.42. The number of carbonyl (C=O) groups is 1. The van der Waals surface area contributed by atoms with Crippen LogP contribution >= 0.6 is 0 Å². The van der Waals surface area contributed by atoms with Gasteiger partial charge in [-0.3, -0.25) is 4.79 Å². The van der Waals surface area contributed by atoms with Crippen LogP contribution in [-0.2, 0) is 4.79 Å². The predicted molar refractivity (Wildman–Crippen MR) is 64.4 cm³/mol. The summed E-state index contributed by atoms with van der Waals surface area (Å²) in [6.45, 7) is 7.57. The van der Waals surface area contributed by atoms with Gasteiger partial charge >= 0.3 is 0 Å². The fourth-order valence-corrected chi connectivity index (χ4v) is 1.27. The highest BCUT2D eigenvalue weighted by Gasteiger charge is 2.26.